The molecule has 0 aliphatic carbocycles. The van der Waals surface area contributed by atoms with Crippen molar-refractivity contribution in [1.29, 1.82) is 0 Å². The van der Waals surface area contributed by atoms with Gasteiger partial charge >= 0.3 is 0 Å². The van der Waals surface area contributed by atoms with Crippen LogP contribution in [-0.2, 0) is 22.9 Å². The Morgan fingerprint density at radius 2 is 1.59 bits per heavy atom. The average Bonchev–Trinajstić information content (AvgIpc) is 2.64. The van der Waals surface area contributed by atoms with Crippen molar-refractivity contribution in [2.24, 2.45) is 4.99 Å². The van der Waals surface area contributed by atoms with Gasteiger partial charge in [-0.3, -0.25) is 0 Å². The number of benzene rings is 2. The standard InChI is InChI=1S/C19H25N3O3S.HI/c1-4-20-19(21-13-15-5-9-17(25-2)10-6-15)22-14-16-7-11-18(12-8-16)26(3,23)24;/h5-12H,4,13-14H2,1-3H3,(H2,20,21,22);1H. The minimum atomic E-state index is -3.17. The number of hydrogen-bond donors (Lipinski definition) is 2. The van der Waals surface area contributed by atoms with Crippen molar-refractivity contribution in [3.05, 3.63) is 59.7 Å². The molecule has 0 bridgehead atoms. The fourth-order valence-electron chi connectivity index (χ4n) is 2.28. The van der Waals surface area contributed by atoms with Gasteiger partial charge in [-0.25, -0.2) is 13.4 Å². The highest BCUT2D eigenvalue weighted by Crippen LogP contribution is 2.12. The lowest BCUT2D eigenvalue weighted by molar-refractivity contribution is 0.414. The summed E-state index contributed by atoms with van der Waals surface area (Å²) in [4.78, 5) is 4.89. The summed E-state index contributed by atoms with van der Waals surface area (Å²) in [6.07, 6.45) is 1.20. The zero-order valence-electron chi connectivity index (χ0n) is 15.7. The number of rotatable bonds is 7. The summed E-state index contributed by atoms with van der Waals surface area (Å²) in [7, 11) is -1.53. The van der Waals surface area contributed by atoms with Crippen LogP contribution in [0.5, 0.6) is 5.75 Å². The highest BCUT2D eigenvalue weighted by Gasteiger charge is 2.06. The quantitative estimate of drug-likeness (QED) is 0.345. The molecule has 2 rings (SSSR count). The molecule has 0 aliphatic rings. The Morgan fingerprint density at radius 1 is 1.00 bits per heavy atom. The van der Waals surface area contributed by atoms with Crippen molar-refractivity contribution >= 4 is 39.8 Å². The molecule has 148 valence electrons. The van der Waals surface area contributed by atoms with Crippen molar-refractivity contribution in [3.8, 4) is 5.75 Å². The first-order valence-corrected chi connectivity index (χ1v) is 10.3. The maximum absolute atomic E-state index is 11.5. The Labute approximate surface area is 178 Å². The fraction of sp³-hybridized carbons (Fsp3) is 0.316. The average molecular weight is 503 g/mol. The maximum Gasteiger partial charge on any atom is 0.191 e. The highest BCUT2D eigenvalue weighted by atomic mass is 127. The molecule has 0 unspecified atom stereocenters. The van der Waals surface area contributed by atoms with E-state index in [0.29, 0.717) is 23.9 Å². The molecular formula is C19H26IN3O3S. The molecule has 2 N–H and O–H groups in total. The molecule has 0 aliphatic heterocycles. The number of hydrogen-bond acceptors (Lipinski definition) is 4. The molecule has 0 aromatic heterocycles. The third kappa shape index (κ3) is 7.76. The summed E-state index contributed by atoms with van der Waals surface area (Å²) in [6.45, 7) is 3.86. The molecular weight excluding hydrogens is 477 g/mol. The van der Waals surface area contributed by atoms with Gasteiger partial charge in [0.15, 0.2) is 15.8 Å². The Hall–Kier alpha value is -1.81. The van der Waals surface area contributed by atoms with Gasteiger partial charge < -0.3 is 15.4 Å². The molecule has 0 saturated heterocycles. The Morgan fingerprint density at radius 3 is 2.11 bits per heavy atom. The van der Waals surface area contributed by atoms with E-state index in [4.69, 9.17) is 4.74 Å². The van der Waals surface area contributed by atoms with Crippen LogP contribution in [0.25, 0.3) is 0 Å². The predicted molar refractivity (Wildman–Crippen MR) is 120 cm³/mol. The third-order valence-electron chi connectivity index (χ3n) is 3.73. The third-order valence-corrected chi connectivity index (χ3v) is 4.86. The van der Waals surface area contributed by atoms with Gasteiger partial charge in [-0.2, -0.15) is 0 Å². The van der Waals surface area contributed by atoms with E-state index < -0.39 is 9.84 Å². The fourth-order valence-corrected chi connectivity index (χ4v) is 2.91. The zero-order valence-corrected chi connectivity index (χ0v) is 18.9. The number of guanidine groups is 1. The van der Waals surface area contributed by atoms with Crippen LogP contribution >= 0.6 is 24.0 Å². The molecule has 0 spiro atoms. The van der Waals surface area contributed by atoms with E-state index in [9.17, 15) is 8.42 Å². The first-order valence-electron chi connectivity index (χ1n) is 8.36. The van der Waals surface area contributed by atoms with Crippen LogP contribution in [0, 0.1) is 0 Å². The van der Waals surface area contributed by atoms with Gasteiger partial charge in [-0.05, 0) is 42.3 Å². The predicted octanol–water partition coefficient (Wildman–Crippen LogP) is 2.97. The second kappa shape index (κ2) is 11.1. The first-order chi connectivity index (χ1) is 12.4. The summed E-state index contributed by atoms with van der Waals surface area (Å²) in [6, 6.07) is 14.6. The zero-order chi connectivity index (χ0) is 19.0. The van der Waals surface area contributed by atoms with Gasteiger partial charge in [0, 0.05) is 19.3 Å². The molecule has 2 aromatic carbocycles. The van der Waals surface area contributed by atoms with E-state index in [0.717, 1.165) is 23.4 Å². The van der Waals surface area contributed by atoms with Gasteiger partial charge in [0.1, 0.15) is 5.75 Å². The Balaban J connectivity index is 0.00000364. The molecule has 0 atom stereocenters. The molecule has 0 heterocycles. The second-order valence-corrected chi connectivity index (χ2v) is 7.83. The van der Waals surface area contributed by atoms with Crippen molar-refractivity contribution < 1.29 is 13.2 Å². The molecule has 0 radical (unpaired) electrons. The van der Waals surface area contributed by atoms with Crippen LogP contribution in [0.2, 0.25) is 0 Å². The summed E-state index contributed by atoms with van der Waals surface area (Å²) < 4.78 is 28.2. The number of nitrogens with zero attached hydrogens (tertiary/aromatic N) is 1. The van der Waals surface area contributed by atoms with E-state index in [1.54, 1.807) is 31.4 Å². The Bertz CT molecular complexity index is 836. The van der Waals surface area contributed by atoms with Crippen molar-refractivity contribution in [2.45, 2.75) is 24.9 Å². The highest BCUT2D eigenvalue weighted by molar-refractivity contribution is 14.0. The van der Waals surface area contributed by atoms with Crippen LogP contribution in [0.15, 0.2) is 58.4 Å². The number of ether oxygens (including phenoxy) is 1. The molecule has 6 nitrogen and oxygen atoms in total. The van der Waals surface area contributed by atoms with Gasteiger partial charge in [0.2, 0.25) is 0 Å². The topological polar surface area (TPSA) is 79.8 Å². The lowest BCUT2D eigenvalue weighted by Crippen LogP contribution is -2.36. The van der Waals surface area contributed by atoms with Crippen LogP contribution in [0.4, 0.5) is 0 Å². The molecule has 0 amide bonds. The van der Waals surface area contributed by atoms with Crippen LogP contribution in [0.3, 0.4) is 0 Å². The second-order valence-electron chi connectivity index (χ2n) is 5.81. The number of nitrogens with one attached hydrogen (secondary N) is 2. The SMILES string of the molecule is CCNC(=NCc1ccc(OC)cc1)NCc1ccc(S(C)(=O)=O)cc1.I. The first kappa shape index (κ1) is 23.2. The minimum absolute atomic E-state index is 0. The normalized spacial score (nSPS) is 11.4. The summed E-state index contributed by atoms with van der Waals surface area (Å²) >= 11 is 0. The van der Waals surface area contributed by atoms with Crippen molar-refractivity contribution in [2.75, 3.05) is 19.9 Å². The molecule has 2 aromatic rings. The lowest BCUT2D eigenvalue weighted by atomic mass is 10.2. The van der Waals surface area contributed by atoms with Crippen molar-refractivity contribution in [1.82, 2.24) is 10.6 Å². The largest absolute Gasteiger partial charge is 0.497 e. The molecule has 0 fully saturated rings. The number of sulfone groups is 1. The maximum atomic E-state index is 11.5. The van der Waals surface area contributed by atoms with E-state index in [2.05, 4.69) is 15.6 Å². The smallest absolute Gasteiger partial charge is 0.191 e. The van der Waals surface area contributed by atoms with Crippen molar-refractivity contribution in [3.63, 3.8) is 0 Å². The van der Waals surface area contributed by atoms with Crippen LogP contribution < -0.4 is 15.4 Å². The molecule has 27 heavy (non-hydrogen) atoms. The lowest BCUT2D eigenvalue weighted by Gasteiger charge is -2.12. The molecule has 8 heteroatoms. The minimum Gasteiger partial charge on any atom is -0.497 e. The van der Waals surface area contributed by atoms with E-state index in [1.165, 1.54) is 6.26 Å². The van der Waals surface area contributed by atoms with Gasteiger partial charge in [0.05, 0.1) is 18.6 Å². The summed E-state index contributed by atoms with van der Waals surface area (Å²) in [5.41, 5.74) is 2.06. The summed E-state index contributed by atoms with van der Waals surface area (Å²) in [5, 5.41) is 6.45. The number of halogens is 1. The van der Waals surface area contributed by atoms with Crippen LogP contribution in [-0.4, -0.2) is 34.3 Å². The van der Waals surface area contributed by atoms with E-state index in [-0.39, 0.29) is 24.0 Å². The van der Waals surface area contributed by atoms with E-state index >= 15 is 0 Å². The monoisotopic (exact) mass is 503 g/mol. The van der Waals surface area contributed by atoms with E-state index in [1.807, 2.05) is 31.2 Å². The Kier molecular flexibility index (Phi) is 9.57. The number of aliphatic imine (C=N–C) groups is 1. The number of methoxy groups -OCH3 is 1. The summed E-state index contributed by atoms with van der Waals surface area (Å²) in [5.74, 6) is 1.52. The van der Waals surface area contributed by atoms with Gasteiger partial charge in [-0.15, -0.1) is 24.0 Å². The molecule has 0 saturated carbocycles. The van der Waals surface area contributed by atoms with Crippen LogP contribution in [0.1, 0.15) is 18.1 Å². The van der Waals surface area contributed by atoms with Gasteiger partial charge in [0.25, 0.3) is 0 Å². The van der Waals surface area contributed by atoms with Gasteiger partial charge in [-0.1, -0.05) is 24.3 Å².